The van der Waals surface area contributed by atoms with Gasteiger partial charge in [0, 0.05) is 18.7 Å². The molecule has 0 saturated carbocycles. The first-order chi connectivity index (χ1) is 14.5. The Balaban J connectivity index is 1.82. The Morgan fingerprint density at radius 1 is 1.26 bits per heavy atom. The van der Waals surface area contributed by atoms with E-state index in [0.29, 0.717) is 18.8 Å². The van der Waals surface area contributed by atoms with E-state index < -0.39 is 11.7 Å². The van der Waals surface area contributed by atoms with E-state index in [0.717, 1.165) is 16.0 Å². The molecule has 3 rings (SSSR count). The maximum Gasteiger partial charge on any atom is 0.408 e. The number of nitrogens with zero attached hydrogens (tertiary/aromatic N) is 3. The minimum Gasteiger partial charge on any atom is -0.444 e. The van der Waals surface area contributed by atoms with Crippen molar-refractivity contribution in [2.45, 2.75) is 52.8 Å². The third-order valence-corrected chi connectivity index (χ3v) is 5.76. The third kappa shape index (κ3) is 5.26. The van der Waals surface area contributed by atoms with Crippen LogP contribution in [0.3, 0.4) is 0 Å². The fraction of sp³-hybridized carbons (Fsp3) is 0.500. The number of benzene rings is 1. The van der Waals surface area contributed by atoms with E-state index in [1.54, 1.807) is 37.8 Å². The fourth-order valence-electron chi connectivity index (χ4n) is 3.67. The molecule has 1 aliphatic heterocycles. The van der Waals surface area contributed by atoms with Gasteiger partial charge >= 0.3 is 6.09 Å². The Bertz CT molecular complexity index is 966. The number of aromatic nitrogens is 2. The van der Waals surface area contributed by atoms with E-state index in [1.165, 1.54) is 12.1 Å². The van der Waals surface area contributed by atoms with Gasteiger partial charge < -0.3 is 19.5 Å². The van der Waals surface area contributed by atoms with E-state index in [2.05, 4.69) is 25.8 Å². The van der Waals surface area contributed by atoms with Gasteiger partial charge in [-0.3, -0.25) is 4.79 Å². The number of nitrogens with one attached hydrogen (secondary N) is 1. The zero-order valence-corrected chi connectivity index (χ0v) is 20.0. The van der Waals surface area contributed by atoms with Gasteiger partial charge in [-0.1, -0.05) is 13.8 Å². The number of carbonyl (C=O) groups is 2. The number of carbonyl (C=O) groups excluding carboxylic acids is 2. The van der Waals surface area contributed by atoms with Gasteiger partial charge in [0.05, 0.1) is 6.04 Å². The van der Waals surface area contributed by atoms with Gasteiger partial charge in [0.2, 0.25) is 5.91 Å². The summed E-state index contributed by atoms with van der Waals surface area (Å²) in [5.74, 6) is 0.356. The lowest BCUT2D eigenvalue weighted by Gasteiger charge is -2.38. The van der Waals surface area contributed by atoms with E-state index in [-0.39, 0.29) is 30.2 Å². The Morgan fingerprint density at radius 2 is 1.90 bits per heavy atom. The second-order valence-corrected chi connectivity index (χ2v) is 9.65. The van der Waals surface area contributed by atoms with Crippen LogP contribution in [-0.4, -0.2) is 45.1 Å². The average Bonchev–Trinajstić information content (AvgIpc) is 3.01. The third-order valence-electron chi connectivity index (χ3n) is 4.95. The molecule has 1 atom stereocenters. The van der Waals surface area contributed by atoms with Gasteiger partial charge in [-0.25, -0.2) is 14.2 Å². The number of rotatable bonds is 4. The molecule has 31 heavy (non-hydrogen) atoms. The Kier molecular flexibility index (Phi) is 6.73. The van der Waals surface area contributed by atoms with Crippen LogP contribution in [0, 0.1) is 11.7 Å². The van der Waals surface area contributed by atoms with E-state index >= 15 is 0 Å². The van der Waals surface area contributed by atoms with E-state index in [9.17, 15) is 14.0 Å². The SMILES string of the molecule is CC(C)[C@H]1c2nc(-c3ccc(F)cc3)c(Br)n2CCN1C(=O)CNC(=O)OC(C)(C)C. The zero-order chi connectivity index (χ0) is 22.9. The largest absolute Gasteiger partial charge is 0.444 e. The molecule has 2 heterocycles. The lowest BCUT2D eigenvalue weighted by Crippen LogP contribution is -2.48. The molecule has 0 fully saturated rings. The van der Waals surface area contributed by atoms with Crippen molar-refractivity contribution in [3.05, 3.63) is 40.5 Å². The summed E-state index contributed by atoms with van der Waals surface area (Å²) in [5.41, 5.74) is 0.871. The number of halogens is 2. The molecule has 1 aromatic heterocycles. The lowest BCUT2D eigenvalue weighted by molar-refractivity contribution is -0.135. The minimum absolute atomic E-state index is 0.0971. The van der Waals surface area contributed by atoms with Gasteiger partial charge in [0.25, 0.3) is 0 Å². The summed E-state index contributed by atoms with van der Waals surface area (Å²) in [6, 6.07) is 5.92. The Labute approximate surface area is 190 Å². The van der Waals surface area contributed by atoms with Crippen LogP contribution < -0.4 is 5.32 Å². The highest BCUT2D eigenvalue weighted by molar-refractivity contribution is 9.10. The number of hydrogen-bond acceptors (Lipinski definition) is 4. The summed E-state index contributed by atoms with van der Waals surface area (Å²) < 4.78 is 21.4. The molecule has 1 aliphatic rings. The molecule has 2 aromatic rings. The molecule has 1 N–H and O–H groups in total. The van der Waals surface area contributed by atoms with Gasteiger partial charge in [-0.2, -0.15) is 0 Å². The first kappa shape index (κ1) is 23.2. The molecule has 9 heteroatoms. The highest BCUT2D eigenvalue weighted by Crippen LogP contribution is 2.38. The molecule has 2 amide bonds. The molecule has 7 nitrogen and oxygen atoms in total. The van der Waals surface area contributed by atoms with Crippen molar-refractivity contribution in [3.8, 4) is 11.3 Å². The summed E-state index contributed by atoms with van der Waals surface area (Å²) in [4.78, 5) is 31.5. The molecular weight excluding hydrogens is 467 g/mol. The van der Waals surface area contributed by atoms with E-state index in [1.807, 2.05) is 13.8 Å². The van der Waals surface area contributed by atoms with Crippen LogP contribution in [0.1, 0.15) is 46.5 Å². The maximum absolute atomic E-state index is 13.3. The smallest absolute Gasteiger partial charge is 0.408 e. The highest BCUT2D eigenvalue weighted by Gasteiger charge is 2.36. The second kappa shape index (κ2) is 8.98. The molecule has 0 spiro atoms. The van der Waals surface area contributed by atoms with Crippen LogP contribution in [0.4, 0.5) is 9.18 Å². The Morgan fingerprint density at radius 3 is 2.48 bits per heavy atom. The van der Waals surface area contributed by atoms with Crippen molar-refractivity contribution < 1.29 is 18.7 Å². The highest BCUT2D eigenvalue weighted by atomic mass is 79.9. The molecule has 0 radical (unpaired) electrons. The first-order valence-electron chi connectivity index (χ1n) is 10.3. The summed E-state index contributed by atoms with van der Waals surface area (Å²) in [6.07, 6.45) is -0.623. The van der Waals surface area contributed by atoms with Crippen LogP contribution in [0.15, 0.2) is 28.9 Å². The quantitative estimate of drug-likeness (QED) is 0.677. The number of hydrogen-bond donors (Lipinski definition) is 1. The molecule has 0 saturated heterocycles. The van der Waals surface area contributed by atoms with Gasteiger partial charge in [0.15, 0.2) is 0 Å². The van der Waals surface area contributed by atoms with Crippen LogP contribution >= 0.6 is 15.9 Å². The number of ether oxygens (including phenoxy) is 1. The standard InChI is InChI=1S/C22H28BrFN4O3/c1-13(2)18-20-26-17(14-6-8-15(24)9-7-14)19(23)28(20)11-10-27(18)16(29)12-25-21(30)31-22(3,4)5/h6-9,13,18H,10-12H2,1-5H3,(H,25,30)/t18-/m0/s1. The minimum atomic E-state index is -0.632. The molecular formula is C22H28BrFN4O3. The van der Waals surface area contributed by atoms with Crippen molar-refractivity contribution in [1.29, 1.82) is 0 Å². The fourth-order valence-corrected chi connectivity index (χ4v) is 4.34. The summed E-state index contributed by atoms with van der Waals surface area (Å²) in [5, 5.41) is 2.54. The molecule has 0 aliphatic carbocycles. The summed E-state index contributed by atoms with van der Waals surface area (Å²) >= 11 is 3.63. The number of alkyl carbamates (subject to hydrolysis) is 1. The molecule has 168 valence electrons. The zero-order valence-electron chi connectivity index (χ0n) is 18.4. The van der Waals surface area contributed by atoms with Gasteiger partial charge in [-0.15, -0.1) is 0 Å². The van der Waals surface area contributed by atoms with Crippen molar-refractivity contribution in [2.24, 2.45) is 5.92 Å². The number of fused-ring (bicyclic) bond motifs is 1. The van der Waals surface area contributed by atoms with Crippen LogP contribution in [0.2, 0.25) is 0 Å². The number of imidazole rings is 1. The van der Waals surface area contributed by atoms with Gasteiger partial charge in [0.1, 0.15) is 34.1 Å². The van der Waals surface area contributed by atoms with Gasteiger partial charge in [-0.05, 0) is 66.9 Å². The predicted molar refractivity (Wildman–Crippen MR) is 119 cm³/mol. The molecule has 1 aromatic carbocycles. The average molecular weight is 495 g/mol. The van der Waals surface area contributed by atoms with Crippen LogP contribution in [0.5, 0.6) is 0 Å². The van der Waals surface area contributed by atoms with Crippen LogP contribution in [0.25, 0.3) is 11.3 Å². The van der Waals surface area contributed by atoms with Crippen molar-refractivity contribution >= 4 is 27.9 Å². The topological polar surface area (TPSA) is 76.5 Å². The van der Waals surface area contributed by atoms with Crippen molar-refractivity contribution in [1.82, 2.24) is 19.8 Å². The summed E-state index contributed by atoms with van der Waals surface area (Å²) in [7, 11) is 0. The monoisotopic (exact) mass is 494 g/mol. The Hall–Kier alpha value is -2.42. The molecule has 0 bridgehead atoms. The molecule has 0 unspecified atom stereocenters. The van der Waals surface area contributed by atoms with Crippen molar-refractivity contribution in [2.75, 3.05) is 13.1 Å². The normalized spacial score (nSPS) is 16.3. The first-order valence-corrected chi connectivity index (χ1v) is 11.1. The summed E-state index contributed by atoms with van der Waals surface area (Å²) in [6.45, 7) is 10.3. The van der Waals surface area contributed by atoms with Crippen LogP contribution in [-0.2, 0) is 16.1 Å². The lowest BCUT2D eigenvalue weighted by atomic mass is 9.99. The van der Waals surface area contributed by atoms with Crippen molar-refractivity contribution in [3.63, 3.8) is 0 Å². The van der Waals surface area contributed by atoms with E-state index in [4.69, 9.17) is 9.72 Å². The predicted octanol–water partition coefficient (Wildman–Crippen LogP) is 4.52. The second-order valence-electron chi connectivity index (χ2n) is 8.90. The maximum atomic E-state index is 13.3. The number of amides is 2.